The van der Waals surface area contributed by atoms with E-state index in [1.807, 2.05) is 46.9 Å². The molecule has 0 aromatic heterocycles. The van der Waals surface area contributed by atoms with Crippen molar-refractivity contribution >= 4 is 5.91 Å². The van der Waals surface area contributed by atoms with Crippen LogP contribution in [0.4, 0.5) is 0 Å². The molecule has 1 atom stereocenters. The van der Waals surface area contributed by atoms with E-state index in [2.05, 4.69) is 17.6 Å². The highest BCUT2D eigenvalue weighted by Crippen LogP contribution is 2.13. The normalized spacial score (nSPS) is 16.1. The summed E-state index contributed by atoms with van der Waals surface area (Å²) in [5.74, 6) is 0.0850. The molecule has 0 aliphatic heterocycles. The first-order valence-electron chi connectivity index (χ1n) is 5.92. The van der Waals surface area contributed by atoms with Crippen molar-refractivity contribution in [2.75, 3.05) is 7.05 Å². The topological polar surface area (TPSA) is 41.1 Å². The van der Waals surface area contributed by atoms with Gasteiger partial charge in [-0.2, -0.15) is 0 Å². The molecular weight excluding hydrogens is 200 g/mol. The van der Waals surface area contributed by atoms with Gasteiger partial charge in [0.1, 0.15) is 0 Å². The standard InChI is InChI=1S/C13H26N2O/c1-7-9-13(5,8-2)15-11(16)10-12(3,4)14-6/h7,9,14H,8,10H2,1-6H3,(H,15,16). The lowest BCUT2D eigenvalue weighted by atomic mass is 9.95. The molecule has 0 bridgehead atoms. The van der Waals surface area contributed by atoms with Crippen LogP contribution in [-0.4, -0.2) is 24.0 Å². The van der Waals surface area contributed by atoms with E-state index in [-0.39, 0.29) is 17.0 Å². The van der Waals surface area contributed by atoms with Gasteiger partial charge in [-0.15, -0.1) is 0 Å². The third kappa shape index (κ3) is 5.31. The summed E-state index contributed by atoms with van der Waals surface area (Å²) in [4.78, 5) is 11.9. The minimum absolute atomic E-state index is 0.0850. The van der Waals surface area contributed by atoms with E-state index in [4.69, 9.17) is 0 Å². The molecule has 0 saturated carbocycles. The molecule has 3 heteroatoms. The van der Waals surface area contributed by atoms with Gasteiger partial charge in [0.15, 0.2) is 0 Å². The van der Waals surface area contributed by atoms with E-state index in [0.717, 1.165) is 6.42 Å². The Bertz CT molecular complexity index is 259. The molecule has 0 saturated heterocycles. The third-order valence-electron chi connectivity index (χ3n) is 2.97. The fraction of sp³-hybridized carbons (Fsp3) is 0.769. The maximum absolute atomic E-state index is 11.9. The zero-order chi connectivity index (χ0) is 12.8. The SMILES string of the molecule is CC=CC(C)(CC)NC(=O)CC(C)(C)NC. The Morgan fingerprint density at radius 1 is 1.31 bits per heavy atom. The molecular formula is C13H26N2O. The monoisotopic (exact) mass is 226 g/mol. The molecule has 0 rings (SSSR count). The summed E-state index contributed by atoms with van der Waals surface area (Å²) in [6.45, 7) is 10.1. The highest BCUT2D eigenvalue weighted by Gasteiger charge is 2.25. The fourth-order valence-electron chi connectivity index (χ4n) is 1.47. The van der Waals surface area contributed by atoms with Gasteiger partial charge in [-0.1, -0.05) is 19.1 Å². The first-order chi connectivity index (χ1) is 7.28. The summed E-state index contributed by atoms with van der Waals surface area (Å²) in [6.07, 6.45) is 5.39. The van der Waals surface area contributed by atoms with Gasteiger partial charge in [0, 0.05) is 12.0 Å². The van der Waals surface area contributed by atoms with Gasteiger partial charge in [0.25, 0.3) is 0 Å². The van der Waals surface area contributed by atoms with Gasteiger partial charge in [-0.3, -0.25) is 4.79 Å². The molecule has 0 radical (unpaired) electrons. The van der Waals surface area contributed by atoms with Crippen LogP contribution in [0.1, 0.15) is 47.5 Å². The summed E-state index contributed by atoms with van der Waals surface area (Å²) >= 11 is 0. The summed E-state index contributed by atoms with van der Waals surface area (Å²) in [5.41, 5.74) is -0.385. The van der Waals surface area contributed by atoms with Crippen molar-refractivity contribution in [2.45, 2.75) is 58.5 Å². The molecule has 0 aromatic rings. The third-order valence-corrected chi connectivity index (χ3v) is 2.97. The Balaban J connectivity index is 4.44. The Hall–Kier alpha value is -0.830. The van der Waals surface area contributed by atoms with Gasteiger partial charge in [-0.05, 0) is 41.2 Å². The molecule has 0 fully saturated rings. The Morgan fingerprint density at radius 2 is 1.88 bits per heavy atom. The van der Waals surface area contributed by atoms with Crippen LogP contribution in [0.3, 0.4) is 0 Å². The Labute approximate surface area is 99.7 Å². The number of allylic oxidation sites excluding steroid dienone is 1. The van der Waals surface area contributed by atoms with Crippen molar-refractivity contribution in [1.29, 1.82) is 0 Å². The number of amides is 1. The number of nitrogens with one attached hydrogen (secondary N) is 2. The molecule has 1 amide bonds. The van der Waals surface area contributed by atoms with Crippen LogP contribution in [0.25, 0.3) is 0 Å². The van der Waals surface area contributed by atoms with Crippen LogP contribution < -0.4 is 10.6 Å². The number of carbonyl (C=O) groups is 1. The van der Waals surface area contributed by atoms with Gasteiger partial charge >= 0.3 is 0 Å². The van der Waals surface area contributed by atoms with Crippen molar-refractivity contribution in [1.82, 2.24) is 10.6 Å². The predicted molar refractivity (Wildman–Crippen MR) is 69.4 cm³/mol. The average molecular weight is 226 g/mol. The molecule has 0 aromatic carbocycles. The van der Waals surface area contributed by atoms with Crippen molar-refractivity contribution < 1.29 is 4.79 Å². The molecule has 94 valence electrons. The molecule has 2 N–H and O–H groups in total. The predicted octanol–water partition coefficient (Wildman–Crippen LogP) is 2.24. The van der Waals surface area contributed by atoms with Crippen molar-refractivity contribution in [3.63, 3.8) is 0 Å². The highest BCUT2D eigenvalue weighted by atomic mass is 16.1. The van der Waals surface area contributed by atoms with Gasteiger partial charge in [0.05, 0.1) is 5.54 Å². The molecule has 3 nitrogen and oxygen atoms in total. The first-order valence-corrected chi connectivity index (χ1v) is 5.92. The number of hydrogen-bond donors (Lipinski definition) is 2. The average Bonchev–Trinajstić information content (AvgIpc) is 2.17. The summed E-state index contributed by atoms with van der Waals surface area (Å²) in [6, 6.07) is 0. The lowest BCUT2D eigenvalue weighted by Crippen LogP contribution is -2.48. The lowest BCUT2D eigenvalue weighted by Gasteiger charge is -2.29. The molecule has 0 spiro atoms. The van der Waals surface area contributed by atoms with Crippen LogP contribution in [0.2, 0.25) is 0 Å². The molecule has 0 aliphatic rings. The van der Waals surface area contributed by atoms with Crippen LogP contribution in [-0.2, 0) is 4.79 Å². The number of rotatable bonds is 6. The van der Waals surface area contributed by atoms with Crippen molar-refractivity contribution in [3.05, 3.63) is 12.2 Å². The quantitative estimate of drug-likeness (QED) is 0.682. The Kier molecular flexibility index (Phi) is 5.73. The van der Waals surface area contributed by atoms with Gasteiger partial charge < -0.3 is 10.6 Å². The molecule has 16 heavy (non-hydrogen) atoms. The number of hydrogen-bond acceptors (Lipinski definition) is 2. The van der Waals surface area contributed by atoms with Crippen molar-refractivity contribution in [3.8, 4) is 0 Å². The summed E-state index contributed by atoms with van der Waals surface area (Å²) in [5, 5.41) is 6.20. The molecule has 0 heterocycles. The summed E-state index contributed by atoms with van der Waals surface area (Å²) < 4.78 is 0. The minimum Gasteiger partial charge on any atom is -0.347 e. The molecule has 0 aliphatic carbocycles. The fourth-order valence-corrected chi connectivity index (χ4v) is 1.47. The van der Waals surface area contributed by atoms with Crippen LogP contribution >= 0.6 is 0 Å². The highest BCUT2D eigenvalue weighted by molar-refractivity contribution is 5.78. The van der Waals surface area contributed by atoms with E-state index in [1.54, 1.807) is 0 Å². The van der Waals surface area contributed by atoms with E-state index < -0.39 is 0 Å². The second-order valence-electron chi connectivity index (χ2n) is 5.13. The van der Waals surface area contributed by atoms with Crippen LogP contribution in [0.5, 0.6) is 0 Å². The van der Waals surface area contributed by atoms with Crippen LogP contribution in [0.15, 0.2) is 12.2 Å². The zero-order valence-corrected chi connectivity index (χ0v) is 11.5. The zero-order valence-electron chi connectivity index (χ0n) is 11.5. The largest absolute Gasteiger partial charge is 0.347 e. The first kappa shape index (κ1) is 15.2. The summed E-state index contributed by atoms with van der Waals surface area (Å²) in [7, 11) is 1.87. The Morgan fingerprint density at radius 3 is 2.25 bits per heavy atom. The van der Waals surface area contributed by atoms with E-state index >= 15 is 0 Å². The van der Waals surface area contributed by atoms with E-state index in [0.29, 0.717) is 6.42 Å². The maximum atomic E-state index is 11.9. The second kappa shape index (κ2) is 6.04. The van der Waals surface area contributed by atoms with Gasteiger partial charge in [-0.25, -0.2) is 0 Å². The number of carbonyl (C=O) groups excluding carboxylic acids is 1. The minimum atomic E-state index is -0.227. The second-order valence-corrected chi connectivity index (χ2v) is 5.13. The maximum Gasteiger partial charge on any atom is 0.222 e. The van der Waals surface area contributed by atoms with Gasteiger partial charge in [0.2, 0.25) is 5.91 Å². The lowest BCUT2D eigenvalue weighted by molar-refractivity contribution is -0.123. The van der Waals surface area contributed by atoms with E-state index in [1.165, 1.54) is 0 Å². The smallest absolute Gasteiger partial charge is 0.222 e. The van der Waals surface area contributed by atoms with Crippen molar-refractivity contribution in [2.24, 2.45) is 0 Å². The van der Waals surface area contributed by atoms with E-state index in [9.17, 15) is 4.79 Å². The van der Waals surface area contributed by atoms with Crippen LogP contribution in [0, 0.1) is 0 Å². The molecule has 1 unspecified atom stereocenters.